The molecule has 4 nitrogen and oxygen atoms in total. The average molecular weight is 306 g/mol. The molecule has 118 valence electrons. The molecular weight excluding hydrogens is 284 g/mol. The Kier molecular flexibility index (Phi) is 3.97. The summed E-state index contributed by atoms with van der Waals surface area (Å²) in [6.07, 6.45) is 13.8. The predicted molar refractivity (Wildman–Crippen MR) is 93.2 cm³/mol. The molecule has 2 aliphatic rings. The zero-order valence-electron chi connectivity index (χ0n) is 13.3. The minimum absolute atomic E-state index is 0.708. The van der Waals surface area contributed by atoms with E-state index in [1.54, 1.807) is 6.20 Å². The van der Waals surface area contributed by atoms with Crippen LogP contribution in [0.3, 0.4) is 0 Å². The number of hydrogen-bond acceptors (Lipinski definition) is 4. The Balaban J connectivity index is 1.40. The van der Waals surface area contributed by atoms with E-state index in [-0.39, 0.29) is 0 Å². The van der Waals surface area contributed by atoms with Crippen LogP contribution >= 0.6 is 0 Å². The lowest BCUT2D eigenvalue weighted by Gasteiger charge is -2.37. The van der Waals surface area contributed by atoms with Crippen molar-refractivity contribution in [1.29, 1.82) is 0 Å². The van der Waals surface area contributed by atoms with Gasteiger partial charge in [-0.15, -0.1) is 0 Å². The van der Waals surface area contributed by atoms with Crippen LogP contribution < -0.4 is 4.90 Å². The molecule has 0 aliphatic carbocycles. The van der Waals surface area contributed by atoms with Crippen molar-refractivity contribution in [2.45, 2.75) is 25.3 Å². The Hall–Kier alpha value is -2.36. The Morgan fingerprint density at radius 3 is 2.48 bits per heavy atom. The summed E-state index contributed by atoms with van der Waals surface area (Å²) < 4.78 is 0. The molecule has 0 aromatic carbocycles. The monoisotopic (exact) mass is 306 g/mol. The molecule has 4 rings (SSSR count). The van der Waals surface area contributed by atoms with Crippen molar-refractivity contribution in [1.82, 2.24) is 14.9 Å². The van der Waals surface area contributed by atoms with Crippen molar-refractivity contribution in [2.75, 3.05) is 24.5 Å². The van der Waals surface area contributed by atoms with Crippen LogP contribution in [0.4, 0.5) is 5.82 Å². The summed E-state index contributed by atoms with van der Waals surface area (Å²) in [6.45, 7) is 3.38. The van der Waals surface area contributed by atoms with Gasteiger partial charge in [-0.2, -0.15) is 0 Å². The number of hydrogen-bond donors (Lipinski definition) is 0. The molecule has 0 atom stereocenters. The van der Waals surface area contributed by atoms with Crippen LogP contribution in [0.15, 0.2) is 55.1 Å². The number of rotatable bonds is 3. The molecule has 1 saturated heterocycles. The molecule has 0 N–H and O–H groups in total. The molecule has 0 bridgehead atoms. The van der Waals surface area contributed by atoms with Gasteiger partial charge in [0.15, 0.2) is 0 Å². The second-order valence-corrected chi connectivity index (χ2v) is 6.28. The fraction of sp³-hybridized carbons (Fsp3) is 0.368. The highest BCUT2D eigenvalue weighted by molar-refractivity contribution is 5.62. The number of aromatic nitrogens is 2. The van der Waals surface area contributed by atoms with Crippen LogP contribution in [-0.4, -0.2) is 40.5 Å². The summed E-state index contributed by atoms with van der Waals surface area (Å²) in [7, 11) is 0. The molecule has 2 aliphatic heterocycles. The van der Waals surface area contributed by atoms with Crippen molar-refractivity contribution in [3.63, 3.8) is 0 Å². The Labute approximate surface area is 137 Å². The Bertz CT molecular complexity index is 658. The molecule has 23 heavy (non-hydrogen) atoms. The highest BCUT2D eigenvalue weighted by atomic mass is 15.2. The van der Waals surface area contributed by atoms with E-state index in [2.05, 4.69) is 50.2 Å². The van der Waals surface area contributed by atoms with Crippen molar-refractivity contribution >= 4 is 5.82 Å². The second kappa shape index (κ2) is 6.41. The SMILES string of the molecule is C1=CN(C2CCN(c3ccc(-c4cccnc4)cn3)CC2)CC1. The van der Waals surface area contributed by atoms with Crippen LogP contribution in [-0.2, 0) is 0 Å². The highest BCUT2D eigenvalue weighted by Gasteiger charge is 2.24. The molecule has 0 saturated carbocycles. The smallest absolute Gasteiger partial charge is 0.128 e. The van der Waals surface area contributed by atoms with Crippen molar-refractivity contribution < 1.29 is 0 Å². The normalized spacial score (nSPS) is 18.6. The van der Waals surface area contributed by atoms with Gasteiger partial charge in [0.05, 0.1) is 0 Å². The van der Waals surface area contributed by atoms with Crippen LogP contribution in [0.2, 0.25) is 0 Å². The van der Waals surface area contributed by atoms with Gasteiger partial charge in [-0.05, 0) is 43.7 Å². The zero-order valence-corrected chi connectivity index (χ0v) is 13.3. The van der Waals surface area contributed by atoms with Crippen molar-refractivity contribution in [3.8, 4) is 11.1 Å². The maximum absolute atomic E-state index is 4.67. The molecule has 0 amide bonds. The standard InChI is InChI=1S/C19H22N4/c1-2-11-22(10-1)18-7-12-23(13-8-18)19-6-5-17(15-21-19)16-4-3-9-20-14-16/h1,3-6,9-10,14-15,18H,2,7-8,11-13H2. The molecule has 0 radical (unpaired) electrons. The molecule has 0 spiro atoms. The summed E-state index contributed by atoms with van der Waals surface area (Å²) in [5.74, 6) is 1.09. The minimum atomic E-state index is 0.708. The predicted octanol–water partition coefficient (Wildman–Crippen LogP) is 3.33. The van der Waals surface area contributed by atoms with Gasteiger partial charge in [0, 0.05) is 55.4 Å². The molecule has 0 unspecified atom stereocenters. The van der Waals surface area contributed by atoms with Crippen molar-refractivity contribution in [2.24, 2.45) is 0 Å². The van der Waals surface area contributed by atoms with Gasteiger partial charge in [-0.25, -0.2) is 4.98 Å². The van der Waals surface area contributed by atoms with Gasteiger partial charge >= 0.3 is 0 Å². The van der Waals surface area contributed by atoms with E-state index in [9.17, 15) is 0 Å². The lowest BCUT2D eigenvalue weighted by Crippen LogP contribution is -2.42. The van der Waals surface area contributed by atoms with E-state index in [0.717, 1.165) is 30.0 Å². The zero-order chi connectivity index (χ0) is 15.5. The van der Waals surface area contributed by atoms with Gasteiger partial charge in [-0.3, -0.25) is 4.98 Å². The third-order valence-corrected chi connectivity index (χ3v) is 4.85. The van der Waals surface area contributed by atoms with Gasteiger partial charge in [0.25, 0.3) is 0 Å². The molecular formula is C19H22N4. The van der Waals surface area contributed by atoms with Crippen LogP contribution in [0, 0.1) is 0 Å². The fourth-order valence-electron chi connectivity index (χ4n) is 3.52. The maximum Gasteiger partial charge on any atom is 0.128 e. The van der Waals surface area contributed by atoms with Crippen molar-refractivity contribution in [3.05, 3.63) is 55.1 Å². The Morgan fingerprint density at radius 1 is 0.957 bits per heavy atom. The van der Waals surface area contributed by atoms with Crippen LogP contribution in [0.1, 0.15) is 19.3 Å². The van der Waals surface area contributed by atoms with E-state index < -0.39 is 0 Å². The Morgan fingerprint density at radius 2 is 1.83 bits per heavy atom. The number of nitrogens with zero attached hydrogens (tertiary/aromatic N) is 4. The second-order valence-electron chi connectivity index (χ2n) is 6.28. The maximum atomic E-state index is 4.67. The molecule has 2 aromatic heterocycles. The summed E-state index contributed by atoms with van der Waals surface area (Å²) in [4.78, 5) is 13.8. The number of anilines is 1. The first-order chi connectivity index (χ1) is 11.4. The number of pyridine rings is 2. The minimum Gasteiger partial charge on any atom is -0.374 e. The number of piperidine rings is 1. The van der Waals surface area contributed by atoms with Gasteiger partial charge < -0.3 is 9.80 Å². The van der Waals surface area contributed by atoms with Gasteiger partial charge in [-0.1, -0.05) is 12.1 Å². The summed E-state index contributed by atoms with van der Waals surface area (Å²) in [5.41, 5.74) is 2.24. The lowest BCUT2D eigenvalue weighted by atomic mass is 10.0. The summed E-state index contributed by atoms with van der Waals surface area (Å²) in [6, 6.07) is 9.02. The van der Waals surface area contributed by atoms with E-state index >= 15 is 0 Å². The lowest BCUT2D eigenvalue weighted by molar-refractivity contribution is 0.252. The molecule has 2 aromatic rings. The van der Waals surface area contributed by atoms with E-state index in [1.165, 1.54) is 25.8 Å². The molecule has 4 heterocycles. The third-order valence-electron chi connectivity index (χ3n) is 4.85. The first-order valence-electron chi connectivity index (χ1n) is 8.44. The highest BCUT2D eigenvalue weighted by Crippen LogP contribution is 2.25. The summed E-state index contributed by atoms with van der Waals surface area (Å²) in [5, 5.41) is 0. The third kappa shape index (κ3) is 3.07. The fourth-order valence-corrected chi connectivity index (χ4v) is 3.52. The van der Waals surface area contributed by atoms with E-state index in [0.29, 0.717) is 6.04 Å². The van der Waals surface area contributed by atoms with Crippen LogP contribution in [0.5, 0.6) is 0 Å². The van der Waals surface area contributed by atoms with Crippen LogP contribution in [0.25, 0.3) is 11.1 Å². The largest absolute Gasteiger partial charge is 0.374 e. The van der Waals surface area contributed by atoms with Gasteiger partial charge in [0.1, 0.15) is 5.82 Å². The topological polar surface area (TPSA) is 32.3 Å². The average Bonchev–Trinajstić information content (AvgIpc) is 3.18. The molecule has 4 heteroatoms. The first-order valence-corrected chi connectivity index (χ1v) is 8.44. The summed E-state index contributed by atoms with van der Waals surface area (Å²) >= 11 is 0. The molecule has 1 fully saturated rings. The van der Waals surface area contributed by atoms with E-state index in [4.69, 9.17) is 0 Å². The quantitative estimate of drug-likeness (QED) is 0.870. The van der Waals surface area contributed by atoms with Gasteiger partial charge in [0.2, 0.25) is 0 Å². The van der Waals surface area contributed by atoms with E-state index in [1.807, 2.05) is 18.5 Å². The first kappa shape index (κ1) is 14.2.